The maximum atomic E-state index is 8.52. The smallest absolute Gasteiger partial charge is 0.759 e. The Balaban J connectivity index is -0.0000000277. The van der Waals surface area contributed by atoms with Gasteiger partial charge < -0.3 is 27.3 Å². The summed E-state index contributed by atoms with van der Waals surface area (Å²) in [6.07, 6.45) is 0. The van der Waals surface area contributed by atoms with Gasteiger partial charge in [-0.15, -0.1) is 0 Å². The normalized spacial score (nSPS) is 9.67. The molecule has 0 fully saturated rings. The van der Waals surface area contributed by atoms with Crippen molar-refractivity contribution in [3.63, 3.8) is 0 Å². The molecule has 0 saturated carbocycles. The molecule has 0 N–H and O–H groups in total. The van der Waals surface area contributed by atoms with Crippen molar-refractivity contribution in [3.8, 4) is 0 Å². The number of hydrogen-bond donors (Lipinski definition) is 0. The summed E-state index contributed by atoms with van der Waals surface area (Å²) in [5.41, 5.74) is 0. The van der Waals surface area contributed by atoms with Crippen molar-refractivity contribution in [2.45, 2.75) is 0 Å². The van der Waals surface area contributed by atoms with E-state index in [4.69, 9.17) is 52.6 Å². The van der Waals surface area contributed by atoms with Crippen LogP contribution in [0.25, 0.3) is 0 Å². The fraction of sp³-hybridized carbons (Fsp3) is 0. The van der Waals surface area contributed by atoms with E-state index in [9.17, 15) is 0 Å². The quantitative estimate of drug-likeness (QED) is 0.199. The fourth-order valence-electron chi connectivity index (χ4n) is 0. The largest absolute Gasteiger partial charge is 4.00 e. The van der Waals surface area contributed by atoms with E-state index >= 15 is 0 Å². The Morgan fingerprint density at radius 3 is 0.444 bits per heavy atom. The van der Waals surface area contributed by atoms with Crippen molar-refractivity contribution >= 4 is 31.2 Å². The van der Waals surface area contributed by atoms with E-state index in [2.05, 4.69) is 0 Å². The van der Waals surface area contributed by atoms with E-state index in [0.29, 0.717) is 0 Å². The van der Waals surface area contributed by atoms with E-state index in [1.807, 2.05) is 0 Å². The van der Waals surface area contributed by atoms with Crippen molar-refractivity contribution in [2.75, 3.05) is 0 Å². The molecule has 0 atom stereocenters. The molecule has 0 bridgehead atoms. The third-order valence-electron chi connectivity index (χ3n) is 0. The predicted molar refractivity (Wildman–Crippen MR) is 31.4 cm³/mol. The summed E-state index contributed by atoms with van der Waals surface area (Å²) in [7, 11) is -15.5. The van der Waals surface area contributed by atoms with E-state index in [1.165, 1.54) is 0 Å². The SMILES string of the molecule is O=S(=O)([O-])[O-].O=S(=O)([O-])[O-].O=S(=O)([O-])[O-].[Na+].[Na+].[Zr+4]. The molecular weight excluding hydrogens is 425 g/mol. The molecule has 0 aromatic carbocycles. The van der Waals surface area contributed by atoms with E-state index < -0.39 is 31.2 Å². The summed E-state index contributed by atoms with van der Waals surface area (Å²) in [6.45, 7) is 0. The molecule has 0 heterocycles. The van der Waals surface area contributed by atoms with E-state index in [1.54, 1.807) is 0 Å². The zero-order valence-electron chi connectivity index (χ0n) is 8.62. The molecule has 96 valence electrons. The van der Waals surface area contributed by atoms with Crippen LogP contribution in [0.5, 0.6) is 0 Å². The molecular formula is Na2O12S3Zr. The second kappa shape index (κ2) is 15.9. The van der Waals surface area contributed by atoms with Gasteiger partial charge in [-0.25, -0.2) is 0 Å². The van der Waals surface area contributed by atoms with Gasteiger partial charge in [0.15, 0.2) is 0 Å². The zero-order valence-corrected chi connectivity index (χ0v) is 17.5. The van der Waals surface area contributed by atoms with Gasteiger partial charge in [0, 0.05) is 31.2 Å². The van der Waals surface area contributed by atoms with Gasteiger partial charge in [0.25, 0.3) is 0 Å². The number of rotatable bonds is 0. The van der Waals surface area contributed by atoms with Crippen LogP contribution in [0.4, 0.5) is 0 Å². The fourth-order valence-corrected chi connectivity index (χ4v) is 0. The van der Waals surface area contributed by atoms with Crippen LogP contribution in [0.15, 0.2) is 0 Å². The molecule has 0 radical (unpaired) electrons. The van der Waals surface area contributed by atoms with Crippen molar-refractivity contribution in [1.82, 2.24) is 0 Å². The minimum absolute atomic E-state index is 0. The minimum atomic E-state index is -5.17. The molecule has 0 rings (SSSR count). The van der Waals surface area contributed by atoms with Crippen LogP contribution in [0.3, 0.4) is 0 Å². The van der Waals surface area contributed by atoms with Gasteiger partial charge in [0.1, 0.15) is 0 Å². The minimum Gasteiger partial charge on any atom is -0.759 e. The topological polar surface area (TPSA) is 241 Å². The summed E-state index contributed by atoms with van der Waals surface area (Å²) < 4.78 is 102. The van der Waals surface area contributed by atoms with Crippen LogP contribution in [-0.2, 0) is 57.4 Å². The summed E-state index contributed by atoms with van der Waals surface area (Å²) >= 11 is 0. The van der Waals surface area contributed by atoms with Crippen molar-refractivity contribution < 1.29 is 138 Å². The first-order valence-electron chi connectivity index (χ1n) is 2.00. The Morgan fingerprint density at radius 1 is 0.444 bits per heavy atom. The maximum absolute atomic E-state index is 8.52. The third kappa shape index (κ3) is 910. The first-order chi connectivity index (χ1) is 6.00. The van der Waals surface area contributed by atoms with Crippen molar-refractivity contribution in [3.05, 3.63) is 0 Å². The molecule has 0 amide bonds. The first-order valence-corrected chi connectivity index (χ1v) is 6.00. The molecule has 0 unspecified atom stereocenters. The molecule has 0 aromatic heterocycles. The van der Waals surface area contributed by atoms with Crippen LogP contribution in [-0.4, -0.2) is 52.6 Å². The molecule has 0 aromatic rings. The maximum Gasteiger partial charge on any atom is 4.00 e. The van der Waals surface area contributed by atoms with Crippen molar-refractivity contribution in [2.24, 2.45) is 0 Å². The molecule has 0 aliphatic carbocycles. The Hall–Kier alpha value is 2.49. The average molecular weight is 425 g/mol. The van der Waals surface area contributed by atoms with Gasteiger partial charge in [0.2, 0.25) is 0 Å². The molecule has 0 saturated heterocycles. The summed E-state index contributed by atoms with van der Waals surface area (Å²) in [5, 5.41) is 0. The van der Waals surface area contributed by atoms with Crippen LogP contribution in [0.2, 0.25) is 0 Å². The average Bonchev–Trinajstić information content (AvgIpc) is 1.41. The second-order valence-electron chi connectivity index (χ2n) is 1.22. The Kier molecular flexibility index (Phi) is 32.7. The van der Waals surface area contributed by atoms with Gasteiger partial charge in [-0.05, 0) is 0 Å². The van der Waals surface area contributed by atoms with Gasteiger partial charge in [-0.3, -0.25) is 25.3 Å². The van der Waals surface area contributed by atoms with Gasteiger partial charge in [0.05, 0.1) is 0 Å². The molecule has 0 spiro atoms. The first kappa shape index (κ1) is 37.1. The summed E-state index contributed by atoms with van der Waals surface area (Å²) in [4.78, 5) is 0. The molecule has 0 aliphatic heterocycles. The van der Waals surface area contributed by atoms with E-state index in [0.717, 1.165) is 0 Å². The monoisotopic (exact) mass is 424 g/mol. The Bertz CT molecular complexity index is 346. The Morgan fingerprint density at radius 2 is 0.444 bits per heavy atom. The van der Waals surface area contributed by atoms with Crippen LogP contribution in [0, 0.1) is 0 Å². The van der Waals surface area contributed by atoms with Crippen LogP contribution >= 0.6 is 0 Å². The van der Waals surface area contributed by atoms with Crippen LogP contribution < -0.4 is 59.1 Å². The van der Waals surface area contributed by atoms with Gasteiger partial charge >= 0.3 is 85.3 Å². The third-order valence-corrected chi connectivity index (χ3v) is 0. The zero-order chi connectivity index (χ0) is 13.5. The Labute approximate surface area is 166 Å². The summed E-state index contributed by atoms with van der Waals surface area (Å²) in [5.74, 6) is 0. The van der Waals surface area contributed by atoms with Gasteiger partial charge in [-0.1, -0.05) is 0 Å². The van der Waals surface area contributed by atoms with E-state index in [-0.39, 0.29) is 85.3 Å². The number of hydrogen-bond acceptors (Lipinski definition) is 12. The van der Waals surface area contributed by atoms with Crippen LogP contribution in [0.1, 0.15) is 0 Å². The predicted octanol–water partition coefficient (Wildman–Crippen LogP) is -10.0. The standard InChI is InChI=1S/2Na.3H2O4S.Zr/c;;3*1-5(2,3)4;/h;;3*(H2,1,2,3,4);/q2*+1;;;;+4/p-6. The molecule has 0 aliphatic rings. The summed E-state index contributed by atoms with van der Waals surface area (Å²) in [6, 6.07) is 0. The molecule has 12 nitrogen and oxygen atoms in total. The molecule has 18 heteroatoms. The van der Waals surface area contributed by atoms with Crippen molar-refractivity contribution in [1.29, 1.82) is 0 Å². The molecule has 18 heavy (non-hydrogen) atoms. The van der Waals surface area contributed by atoms with Gasteiger partial charge in [-0.2, -0.15) is 0 Å². The second-order valence-corrected chi connectivity index (χ2v) is 3.67.